The molecule has 2 heterocycles. The van der Waals surface area contributed by atoms with Crippen molar-refractivity contribution in [3.63, 3.8) is 0 Å². The lowest BCUT2D eigenvalue weighted by Crippen LogP contribution is -2.51. The largest absolute Gasteiger partial charge is 0.353 e. The van der Waals surface area contributed by atoms with Crippen LogP contribution in [-0.4, -0.2) is 104 Å². The van der Waals surface area contributed by atoms with Gasteiger partial charge in [0.15, 0.2) is 5.96 Å². The van der Waals surface area contributed by atoms with Crippen LogP contribution in [0.3, 0.4) is 0 Å². The van der Waals surface area contributed by atoms with Gasteiger partial charge < -0.3 is 15.1 Å². The van der Waals surface area contributed by atoms with Crippen LogP contribution >= 0.6 is 24.0 Å². The first-order valence-electron chi connectivity index (χ1n) is 12.2. The third-order valence-corrected chi connectivity index (χ3v) is 6.78. The molecule has 0 spiro atoms. The molecule has 2 aliphatic heterocycles. The molecule has 1 aromatic carbocycles. The highest BCUT2D eigenvalue weighted by molar-refractivity contribution is 14.0. The molecule has 0 aliphatic carbocycles. The number of likely N-dealkylation sites (N-methyl/N-ethyl adjacent to an activating group) is 3. The summed E-state index contributed by atoms with van der Waals surface area (Å²) in [5.41, 5.74) is 1.38. The van der Waals surface area contributed by atoms with E-state index in [0.717, 1.165) is 51.5 Å². The molecule has 1 amide bonds. The van der Waals surface area contributed by atoms with E-state index in [2.05, 4.69) is 64.3 Å². The number of hydrogen-bond donors (Lipinski definition) is 1. The molecule has 2 aliphatic rings. The summed E-state index contributed by atoms with van der Waals surface area (Å²) in [6.07, 6.45) is 4.68. The number of halogens is 1. The van der Waals surface area contributed by atoms with E-state index in [0.29, 0.717) is 12.1 Å². The Morgan fingerprint density at radius 1 is 1.09 bits per heavy atom. The second kappa shape index (κ2) is 14.1. The predicted octanol–water partition coefficient (Wildman–Crippen LogP) is 2.72. The number of carbonyl (C=O) groups excluding carboxylic acids is 1. The maximum Gasteiger partial charge on any atom is 0.243 e. The number of nitrogens with one attached hydrogen (secondary N) is 1. The Morgan fingerprint density at radius 3 is 2.42 bits per heavy atom. The highest BCUT2D eigenvalue weighted by Gasteiger charge is 2.27. The lowest BCUT2D eigenvalue weighted by Gasteiger charge is -2.35. The van der Waals surface area contributed by atoms with Crippen molar-refractivity contribution < 1.29 is 4.79 Å². The molecular formula is C25H43IN6O. The molecule has 1 N–H and O–H groups in total. The zero-order valence-corrected chi connectivity index (χ0v) is 23.2. The fourth-order valence-electron chi connectivity index (χ4n) is 4.74. The van der Waals surface area contributed by atoms with E-state index in [9.17, 15) is 4.79 Å². The second-order valence-electron chi connectivity index (χ2n) is 9.41. The Morgan fingerprint density at radius 2 is 1.79 bits per heavy atom. The van der Waals surface area contributed by atoms with Gasteiger partial charge in [0, 0.05) is 59.4 Å². The van der Waals surface area contributed by atoms with Gasteiger partial charge in [0.25, 0.3) is 0 Å². The molecule has 7 nitrogen and oxygen atoms in total. The molecule has 0 bridgehead atoms. The molecule has 0 saturated carbocycles. The maximum absolute atomic E-state index is 12.2. The second-order valence-corrected chi connectivity index (χ2v) is 9.41. The molecule has 1 aromatic rings. The van der Waals surface area contributed by atoms with Gasteiger partial charge in [-0.3, -0.25) is 14.6 Å². The summed E-state index contributed by atoms with van der Waals surface area (Å²) in [7, 11) is 5.69. The van der Waals surface area contributed by atoms with Crippen molar-refractivity contribution in [3.05, 3.63) is 35.9 Å². The summed E-state index contributed by atoms with van der Waals surface area (Å²) in [5, 5.41) is 3.70. The quantitative estimate of drug-likeness (QED) is 0.296. The van der Waals surface area contributed by atoms with Gasteiger partial charge in [-0.2, -0.15) is 0 Å². The number of nitrogens with zero attached hydrogens (tertiary/aromatic N) is 5. The SMILES string of the molecule is CCN1CCCC1CN(C)C(=NCC(=O)N(C)C)NC1CCN(Cc2ccccc2)CC1.I. The molecule has 33 heavy (non-hydrogen) atoms. The van der Waals surface area contributed by atoms with Crippen LogP contribution in [0.25, 0.3) is 0 Å². The summed E-state index contributed by atoms with van der Waals surface area (Å²) < 4.78 is 0. The number of guanidine groups is 1. The minimum Gasteiger partial charge on any atom is -0.353 e. The smallest absolute Gasteiger partial charge is 0.243 e. The molecule has 8 heteroatoms. The summed E-state index contributed by atoms with van der Waals surface area (Å²) in [5.74, 6) is 0.899. The number of likely N-dealkylation sites (tertiary alicyclic amines) is 2. The van der Waals surface area contributed by atoms with E-state index in [-0.39, 0.29) is 36.4 Å². The minimum atomic E-state index is 0. The molecule has 2 saturated heterocycles. The van der Waals surface area contributed by atoms with Crippen molar-refractivity contribution in [1.29, 1.82) is 0 Å². The van der Waals surface area contributed by atoms with E-state index in [4.69, 9.17) is 4.99 Å². The van der Waals surface area contributed by atoms with Gasteiger partial charge in [-0.25, -0.2) is 4.99 Å². The summed E-state index contributed by atoms with van der Waals surface area (Å²) in [4.78, 5) is 25.8. The zero-order valence-electron chi connectivity index (χ0n) is 20.9. The topological polar surface area (TPSA) is 54.4 Å². The van der Waals surface area contributed by atoms with Crippen molar-refractivity contribution in [2.45, 2.75) is 51.2 Å². The Kier molecular flexibility index (Phi) is 11.9. The fraction of sp³-hybridized carbons (Fsp3) is 0.680. The zero-order chi connectivity index (χ0) is 22.9. The molecule has 1 atom stereocenters. The molecule has 0 aromatic heterocycles. The van der Waals surface area contributed by atoms with Crippen LogP contribution in [0.4, 0.5) is 0 Å². The molecule has 0 radical (unpaired) electrons. The average molecular weight is 571 g/mol. The lowest BCUT2D eigenvalue weighted by molar-refractivity contribution is -0.127. The Labute approximate surface area is 217 Å². The minimum absolute atomic E-state index is 0. The highest BCUT2D eigenvalue weighted by Crippen LogP contribution is 2.18. The van der Waals surface area contributed by atoms with Crippen LogP contribution in [0.15, 0.2) is 35.3 Å². The Bertz CT molecular complexity index is 736. The number of piperidine rings is 1. The monoisotopic (exact) mass is 570 g/mol. The van der Waals surface area contributed by atoms with E-state index in [1.54, 1.807) is 19.0 Å². The molecule has 1 unspecified atom stereocenters. The first-order valence-corrected chi connectivity index (χ1v) is 12.2. The third-order valence-electron chi connectivity index (χ3n) is 6.78. The van der Waals surface area contributed by atoms with Gasteiger partial charge in [0.1, 0.15) is 6.54 Å². The van der Waals surface area contributed by atoms with Crippen molar-refractivity contribution in [1.82, 2.24) is 24.9 Å². The number of aliphatic imine (C=N–C) groups is 1. The van der Waals surface area contributed by atoms with Crippen molar-refractivity contribution >= 4 is 35.8 Å². The first kappa shape index (κ1) is 27.9. The summed E-state index contributed by atoms with van der Waals surface area (Å²) in [6.45, 7) is 8.83. The van der Waals surface area contributed by atoms with Crippen LogP contribution in [0.5, 0.6) is 0 Å². The number of amides is 1. The van der Waals surface area contributed by atoms with Crippen LogP contribution < -0.4 is 5.32 Å². The molecule has 2 fully saturated rings. The van der Waals surface area contributed by atoms with Crippen molar-refractivity contribution in [2.75, 3.05) is 60.4 Å². The van der Waals surface area contributed by atoms with Gasteiger partial charge in [-0.05, 0) is 44.3 Å². The Balaban J connectivity index is 0.00000385. The third kappa shape index (κ3) is 8.72. The van der Waals surface area contributed by atoms with E-state index in [1.165, 1.54) is 24.9 Å². The first-order chi connectivity index (χ1) is 15.5. The van der Waals surface area contributed by atoms with Crippen LogP contribution in [0.2, 0.25) is 0 Å². The van der Waals surface area contributed by atoms with Gasteiger partial charge in [0.05, 0.1) is 0 Å². The van der Waals surface area contributed by atoms with E-state index >= 15 is 0 Å². The summed E-state index contributed by atoms with van der Waals surface area (Å²) >= 11 is 0. The predicted molar refractivity (Wildman–Crippen MR) is 147 cm³/mol. The fourth-order valence-corrected chi connectivity index (χ4v) is 4.74. The van der Waals surface area contributed by atoms with E-state index in [1.807, 2.05) is 0 Å². The maximum atomic E-state index is 12.2. The molecule has 3 rings (SSSR count). The van der Waals surface area contributed by atoms with Crippen LogP contribution in [0, 0.1) is 0 Å². The normalized spacial score (nSPS) is 20.4. The van der Waals surface area contributed by atoms with Crippen molar-refractivity contribution in [3.8, 4) is 0 Å². The number of hydrogen-bond acceptors (Lipinski definition) is 4. The van der Waals surface area contributed by atoms with Gasteiger partial charge in [-0.15, -0.1) is 24.0 Å². The Hall–Kier alpha value is -1.39. The summed E-state index contributed by atoms with van der Waals surface area (Å²) in [6, 6.07) is 11.7. The number of carbonyl (C=O) groups is 1. The van der Waals surface area contributed by atoms with Crippen molar-refractivity contribution in [2.24, 2.45) is 4.99 Å². The number of rotatable bonds is 8. The lowest BCUT2D eigenvalue weighted by atomic mass is 10.0. The van der Waals surface area contributed by atoms with E-state index < -0.39 is 0 Å². The number of benzene rings is 1. The van der Waals surface area contributed by atoms with Crippen LogP contribution in [0.1, 0.15) is 38.2 Å². The molecule has 186 valence electrons. The van der Waals surface area contributed by atoms with Gasteiger partial charge in [0.2, 0.25) is 5.91 Å². The van der Waals surface area contributed by atoms with Crippen LogP contribution in [-0.2, 0) is 11.3 Å². The van der Waals surface area contributed by atoms with Gasteiger partial charge >= 0.3 is 0 Å². The molecular weight excluding hydrogens is 527 g/mol. The average Bonchev–Trinajstić information content (AvgIpc) is 3.25. The standard InChI is InChI=1S/C25H42N6O.HI/c1-5-31-15-9-12-23(31)20-29(4)25(26-18-24(32)28(2)3)27-22-13-16-30(17-14-22)19-21-10-7-6-8-11-21;/h6-8,10-11,22-23H,5,9,12-20H2,1-4H3,(H,26,27);1H. The van der Waals surface area contributed by atoms with Gasteiger partial charge in [-0.1, -0.05) is 37.3 Å². The highest BCUT2D eigenvalue weighted by atomic mass is 127.